The molecule has 0 N–H and O–H groups in total. The van der Waals surface area contributed by atoms with Crippen molar-refractivity contribution < 1.29 is 28.8 Å². The van der Waals surface area contributed by atoms with E-state index in [-0.39, 0.29) is 0 Å². The molecule has 0 atom stereocenters. The highest BCUT2D eigenvalue weighted by molar-refractivity contribution is 5.86. The third kappa shape index (κ3) is 28.1. The predicted molar refractivity (Wildman–Crippen MR) is 186 cm³/mol. The minimum atomic E-state index is -1.63. The molecule has 0 fully saturated rings. The number of hydrogen-bond acceptors (Lipinski definition) is 4. The van der Waals surface area contributed by atoms with Crippen molar-refractivity contribution >= 4 is 11.9 Å². The van der Waals surface area contributed by atoms with Gasteiger partial charge < -0.3 is 28.8 Å². The summed E-state index contributed by atoms with van der Waals surface area (Å²) in [6.07, 6.45) is 27.4. The molecule has 1 rings (SSSR count). The van der Waals surface area contributed by atoms with Gasteiger partial charge in [-0.3, -0.25) is 0 Å². The molecule has 0 aliphatic carbocycles. The standard InChI is InChI=1S/C36H70N2.C3H4O4/c1-7-9-11-13-15-17-19-21-23-27-31-37(3,4)33-35-29-25-26-30-36(35)34-38(5,6)32-28-24-22-20-18-16-14-12-10-8-2;4-2(5)1-3(6)7/h25-26,29-30H,7-24,27-28,31-34H2,1-6H3;1H2,(H,4,5)(H,6,7)/q+2;/p-2. The molecule has 6 nitrogen and oxygen atoms in total. The van der Waals surface area contributed by atoms with E-state index in [1.165, 1.54) is 142 Å². The van der Waals surface area contributed by atoms with E-state index in [9.17, 15) is 19.8 Å². The number of carboxylic acids is 2. The van der Waals surface area contributed by atoms with Crippen LogP contribution in [0.5, 0.6) is 0 Å². The molecule has 45 heavy (non-hydrogen) atoms. The Hall–Kier alpha value is -1.92. The molecule has 0 amide bonds. The maximum absolute atomic E-state index is 9.28. The van der Waals surface area contributed by atoms with Gasteiger partial charge >= 0.3 is 0 Å². The zero-order valence-corrected chi connectivity index (χ0v) is 30.5. The topological polar surface area (TPSA) is 80.3 Å². The number of hydrogen-bond donors (Lipinski definition) is 0. The number of carbonyl (C=O) groups is 2. The third-order valence-corrected chi connectivity index (χ3v) is 8.84. The summed E-state index contributed by atoms with van der Waals surface area (Å²) in [7, 11) is 9.76. The molecule has 1 aromatic rings. The van der Waals surface area contributed by atoms with E-state index in [0.717, 1.165) is 22.1 Å². The fourth-order valence-electron chi connectivity index (χ4n) is 6.12. The maximum atomic E-state index is 9.28. The number of carbonyl (C=O) groups excluding carboxylic acids is 2. The Morgan fingerprint density at radius 3 is 1.00 bits per heavy atom. The van der Waals surface area contributed by atoms with Crippen molar-refractivity contribution in [1.82, 2.24) is 0 Å². The Bertz CT molecular complexity index is 799. The maximum Gasteiger partial charge on any atom is 0.104 e. The van der Waals surface area contributed by atoms with Gasteiger partial charge in [-0.25, -0.2) is 0 Å². The molecule has 6 heteroatoms. The Morgan fingerprint density at radius 1 is 0.489 bits per heavy atom. The van der Waals surface area contributed by atoms with Crippen LogP contribution in [0.25, 0.3) is 0 Å². The zero-order valence-electron chi connectivity index (χ0n) is 30.5. The number of quaternary nitrogens is 2. The van der Waals surface area contributed by atoms with Crippen molar-refractivity contribution in [3.05, 3.63) is 35.4 Å². The van der Waals surface area contributed by atoms with E-state index in [2.05, 4.69) is 66.3 Å². The highest BCUT2D eigenvalue weighted by Gasteiger charge is 2.22. The normalized spacial score (nSPS) is 11.7. The fraction of sp³-hybridized carbons (Fsp3) is 0.795. The van der Waals surface area contributed by atoms with Crippen LogP contribution in [0.4, 0.5) is 0 Å². The van der Waals surface area contributed by atoms with Gasteiger partial charge in [0, 0.05) is 29.5 Å². The van der Waals surface area contributed by atoms with Crippen LogP contribution in [0.2, 0.25) is 0 Å². The molecule has 0 aromatic heterocycles. The summed E-state index contributed by atoms with van der Waals surface area (Å²) in [5.74, 6) is -3.25. The van der Waals surface area contributed by atoms with E-state index in [1.54, 1.807) is 11.1 Å². The molecule has 0 saturated carbocycles. The van der Waals surface area contributed by atoms with E-state index in [4.69, 9.17) is 0 Å². The summed E-state index contributed by atoms with van der Waals surface area (Å²) in [5, 5.41) is 18.6. The number of aliphatic carboxylic acids is 2. The first-order chi connectivity index (χ1) is 21.4. The molecule has 0 aliphatic rings. The van der Waals surface area contributed by atoms with Crippen LogP contribution in [0.1, 0.15) is 160 Å². The van der Waals surface area contributed by atoms with Gasteiger partial charge in [-0.2, -0.15) is 0 Å². The average molecular weight is 633 g/mol. The molecular weight excluding hydrogens is 560 g/mol. The summed E-state index contributed by atoms with van der Waals surface area (Å²) in [4.78, 5) is 18.6. The van der Waals surface area contributed by atoms with Crippen LogP contribution in [0.15, 0.2) is 24.3 Å². The van der Waals surface area contributed by atoms with E-state index in [0.29, 0.717) is 0 Å². The summed E-state index contributed by atoms with van der Waals surface area (Å²) in [5.41, 5.74) is 3.14. The average Bonchev–Trinajstić information content (AvgIpc) is 2.95. The second-order valence-electron chi connectivity index (χ2n) is 14.7. The first kappa shape index (κ1) is 43.1. The molecule has 0 spiro atoms. The fourth-order valence-corrected chi connectivity index (χ4v) is 6.12. The van der Waals surface area contributed by atoms with Gasteiger partial charge in [-0.15, -0.1) is 0 Å². The van der Waals surface area contributed by atoms with Gasteiger partial charge in [0.2, 0.25) is 0 Å². The Kier molecular flexibility index (Phi) is 26.1. The third-order valence-electron chi connectivity index (χ3n) is 8.84. The first-order valence-corrected chi connectivity index (χ1v) is 18.5. The van der Waals surface area contributed by atoms with Crippen LogP contribution >= 0.6 is 0 Å². The Balaban J connectivity index is 0.00000246. The number of carboxylic acid groups (broad SMARTS) is 2. The highest BCUT2D eigenvalue weighted by Crippen LogP contribution is 2.21. The van der Waals surface area contributed by atoms with Gasteiger partial charge in [0.15, 0.2) is 0 Å². The molecule has 0 radical (unpaired) electrons. The van der Waals surface area contributed by atoms with Crippen LogP contribution in [-0.2, 0) is 22.7 Å². The van der Waals surface area contributed by atoms with Crippen molar-refractivity contribution in [1.29, 1.82) is 0 Å². The van der Waals surface area contributed by atoms with Crippen LogP contribution in [0, 0.1) is 0 Å². The second-order valence-corrected chi connectivity index (χ2v) is 14.7. The molecule has 1 aromatic carbocycles. The van der Waals surface area contributed by atoms with Crippen molar-refractivity contribution in [3.63, 3.8) is 0 Å². The van der Waals surface area contributed by atoms with E-state index >= 15 is 0 Å². The minimum Gasteiger partial charge on any atom is -0.550 e. The molecule has 0 heterocycles. The number of rotatable bonds is 28. The van der Waals surface area contributed by atoms with Crippen LogP contribution in [0.3, 0.4) is 0 Å². The number of benzene rings is 1. The largest absolute Gasteiger partial charge is 0.550 e. The minimum absolute atomic E-state index is 1.03. The molecule has 0 saturated heterocycles. The van der Waals surface area contributed by atoms with Crippen molar-refractivity contribution in [2.75, 3.05) is 41.3 Å². The van der Waals surface area contributed by atoms with Gasteiger partial charge in [-0.05, 0) is 25.7 Å². The van der Waals surface area contributed by atoms with E-state index < -0.39 is 18.4 Å². The first-order valence-electron chi connectivity index (χ1n) is 18.5. The lowest BCUT2D eigenvalue weighted by Crippen LogP contribution is -2.42. The highest BCUT2D eigenvalue weighted by atomic mass is 16.4. The lowest BCUT2D eigenvalue weighted by atomic mass is 10.0. The SMILES string of the molecule is CCCCCCCCCCCC[N+](C)(C)Cc1ccccc1C[N+](C)(C)CCCCCCCCCCCC.O=C([O-])CC(=O)[O-]. The molecule has 262 valence electrons. The quantitative estimate of drug-likeness (QED) is 0.0543. The summed E-state index contributed by atoms with van der Waals surface area (Å²) in [6, 6.07) is 9.30. The monoisotopic (exact) mass is 633 g/mol. The molecular formula is C39H72N2O4. The molecule has 0 aliphatic heterocycles. The van der Waals surface area contributed by atoms with Crippen LogP contribution < -0.4 is 10.2 Å². The van der Waals surface area contributed by atoms with Crippen molar-refractivity contribution in [3.8, 4) is 0 Å². The van der Waals surface area contributed by atoms with E-state index in [1.807, 2.05) is 0 Å². The molecule has 0 unspecified atom stereocenters. The Morgan fingerprint density at radius 2 is 0.756 bits per heavy atom. The second kappa shape index (κ2) is 27.2. The predicted octanol–water partition coefficient (Wildman–Crippen LogP) is 7.56. The van der Waals surface area contributed by atoms with Gasteiger partial charge in [0.05, 0.1) is 41.3 Å². The van der Waals surface area contributed by atoms with Crippen LogP contribution in [-0.4, -0.2) is 62.2 Å². The lowest BCUT2D eigenvalue weighted by molar-refractivity contribution is -0.907. The number of nitrogens with zero attached hydrogens (tertiary/aromatic N) is 2. The van der Waals surface area contributed by atoms with Crippen molar-refractivity contribution in [2.24, 2.45) is 0 Å². The van der Waals surface area contributed by atoms with Gasteiger partial charge in [0.1, 0.15) is 13.1 Å². The summed E-state index contributed by atoms with van der Waals surface area (Å²) in [6.45, 7) is 9.51. The lowest BCUT2D eigenvalue weighted by Gasteiger charge is -2.33. The Labute approximate surface area is 278 Å². The van der Waals surface area contributed by atoms with Gasteiger partial charge in [-0.1, -0.05) is 141 Å². The zero-order chi connectivity index (χ0) is 33.8. The van der Waals surface area contributed by atoms with Crippen molar-refractivity contribution in [2.45, 2.75) is 162 Å². The molecule has 0 bridgehead atoms. The summed E-state index contributed by atoms with van der Waals surface area (Å²) < 4.78 is 2.22. The summed E-state index contributed by atoms with van der Waals surface area (Å²) >= 11 is 0. The smallest absolute Gasteiger partial charge is 0.104 e. The number of unbranched alkanes of at least 4 members (excludes halogenated alkanes) is 18. The van der Waals surface area contributed by atoms with Gasteiger partial charge in [0.25, 0.3) is 0 Å².